The molecule has 9 heteroatoms. The van der Waals surface area contributed by atoms with E-state index in [2.05, 4.69) is 15.6 Å². The number of halogens is 1. The number of aromatic nitrogens is 1. The first kappa shape index (κ1) is 19.8. The minimum Gasteiger partial charge on any atom is -0.459 e. The average Bonchev–Trinajstić information content (AvgIpc) is 3.02. The number of amides is 1. The van der Waals surface area contributed by atoms with Crippen LogP contribution in [-0.4, -0.2) is 28.1 Å². The van der Waals surface area contributed by atoms with Crippen molar-refractivity contribution in [3.05, 3.63) is 59.4 Å². The van der Waals surface area contributed by atoms with Gasteiger partial charge in [-0.3, -0.25) is 10.1 Å². The van der Waals surface area contributed by atoms with Crippen LogP contribution in [0.2, 0.25) is 0 Å². The summed E-state index contributed by atoms with van der Waals surface area (Å²) >= 11 is 6.42. The number of rotatable bonds is 4. The van der Waals surface area contributed by atoms with Crippen LogP contribution in [0.4, 0.5) is 9.52 Å². The van der Waals surface area contributed by atoms with Crippen molar-refractivity contribution in [3.8, 4) is 0 Å². The molecule has 2 aromatic carbocycles. The van der Waals surface area contributed by atoms with Gasteiger partial charge in [-0.1, -0.05) is 11.3 Å². The molecular formula is C19H16FN3O3S2. The maximum Gasteiger partial charge on any atom is 0.338 e. The van der Waals surface area contributed by atoms with E-state index in [9.17, 15) is 14.0 Å². The van der Waals surface area contributed by atoms with Crippen LogP contribution in [0.3, 0.4) is 0 Å². The third kappa shape index (κ3) is 4.87. The molecule has 6 nitrogen and oxygen atoms in total. The molecule has 144 valence electrons. The van der Waals surface area contributed by atoms with E-state index in [0.29, 0.717) is 16.2 Å². The number of thiocarbonyl (C=S) groups is 1. The van der Waals surface area contributed by atoms with Gasteiger partial charge in [-0.05, 0) is 68.5 Å². The zero-order valence-corrected chi connectivity index (χ0v) is 16.6. The summed E-state index contributed by atoms with van der Waals surface area (Å²) in [5, 5.41) is 5.88. The maximum absolute atomic E-state index is 12.9. The van der Waals surface area contributed by atoms with Crippen molar-refractivity contribution in [2.75, 3.05) is 5.32 Å². The molecule has 3 aromatic rings. The first-order valence-corrected chi connectivity index (χ1v) is 9.54. The predicted molar refractivity (Wildman–Crippen MR) is 110 cm³/mol. The largest absolute Gasteiger partial charge is 0.459 e. The van der Waals surface area contributed by atoms with Crippen molar-refractivity contribution in [1.82, 2.24) is 10.3 Å². The van der Waals surface area contributed by atoms with Crippen molar-refractivity contribution in [1.29, 1.82) is 0 Å². The molecule has 0 aliphatic heterocycles. The Balaban J connectivity index is 1.68. The van der Waals surface area contributed by atoms with Crippen molar-refractivity contribution < 1.29 is 18.7 Å². The number of carbonyl (C=O) groups is 2. The second-order valence-electron chi connectivity index (χ2n) is 6.07. The van der Waals surface area contributed by atoms with Crippen molar-refractivity contribution in [3.63, 3.8) is 0 Å². The molecule has 0 aliphatic rings. The number of nitrogens with one attached hydrogen (secondary N) is 2. The van der Waals surface area contributed by atoms with E-state index < -0.39 is 17.7 Å². The highest BCUT2D eigenvalue weighted by molar-refractivity contribution is 7.80. The summed E-state index contributed by atoms with van der Waals surface area (Å²) in [5.41, 5.74) is 1.40. The summed E-state index contributed by atoms with van der Waals surface area (Å²) in [6.45, 7) is 3.57. The summed E-state index contributed by atoms with van der Waals surface area (Å²) in [5.74, 6) is -1.29. The Labute approximate surface area is 169 Å². The van der Waals surface area contributed by atoms with Crippen molar-refractivity contribution >= 4 is 55.9 Å². The molecule has 0 radical (unpaired) electrons. The van der Waals surface area contributed by atoms with Gasteiger partial charge in [0.1, 0.15) is 5.82 Å². The van der Waals surface area contributed by atoms with Crippen LogP contribution in [0.15, 0.2) is 42.5 Å². The number of hydrogen-bond acceptors (Lipinski definition) is 6. The van der Waals surface area contributed by atoms with Crippen molar-refractivity contribution in [2.45, 2.75) is 20.0 Å². The van der Waals surface area contributed by atoms with Gasteiger partial charge in [-0.15, -0.1) is 0 Å². The fourth-order valence-electron chi connectivity index (χ4n) is 2.29. The Kier molecular flexibility index (Phi) is 5.96. The Morgan fingerprint density at radius 3 is 2.50 bits per heavy atom. The normalized spacial score (nSPS) is 10.7. The van der Waals surface area contributed by atoms with Gasteiger partial charge in [-0.25, -0.2) is 14.2 Å². The molecule has 0 bridgehead atoms. The number of nitrogens with zero attached hydrogens (tertiary/aromatic N) is 1. The van der Waals surface area contributed by atoms with Gasteiger partial charge in [0.05, 0.1) is 21.9 Å². The zero-order chi connectivity index (χ0) is 20.3. The van der Waals surface area contributed by atoms with Crippen LogP contribution in [0.1, 0.15) is 34.6 Å². The van der Waals surface area contributed by atoms with Gasteiger partial charge in [-0.2, -0.15) is 0 Å². The maximum atomic E-state index is 12.9. The van der Waals surface area contributed by atoms with E-state index in [1.54, 1.807) is 32.0 Å². The minimum atomic E-state index is -0.461. The second-order valence-corrected chi connectivity index (χ2v) is 7.51. The monoisotopic (exact) mass is 417 g/mol. The van der Waals surface area contributed by atoms with Crippen LogP contribution >= 0.6 is 23.6 Å². The van der Waals surface area contributed by atoms with E-state index in [1.807, 2.05) is 0 Å². The van der Waals surface area contributed by atoms with Gasteiger partial charge in [0.15, 0.2) is 10.2 Å². The van der Waals surface area contributed by atoms with E-state index in [-0.39, 0.29) is 16.8 Å². The first-order chi connectivity index (χ1) is 13.3. The SMILES string of the molecule is CC(C)OC(=O)c1ccc2nc(NC(=S)NC(=O)c3ccc(F)cc3)sc2c1. The molecule has 0 saturated heterocycles. The van der Waals surface area contributed by atoms with Gasteiger partial charge in [0.25, 0.3) is 5.91 Å². The third-order valence-electron chi connectivity index (χ3n) is 3.52. The lowest BCUT2D eigenvalue weighted by Gasteiger charge is -2.07. The lowest BCUT2D eigenvalue weighted by atomic mass is 10.2. The summed E-state index contributed by atoms with van der Waals surface area (Å²) in [6.07, 6.45) is -0.205. The predicted octanol–water partition coefficient (Wildman–Crippen LogP) is 4.13. The molecule has 0 spiro atoms. The molecule has 0 aliphatic carbocycles. The Hall–Kier alpha value is -2.91. The number of thiazole rings is 1. The number of fused-ring (bicyclic) bond motifs is 1. The molecule has 0 unspecified atom stereocenters. The molecule has 28 heavy (non-hydrogen) atoms. The van der Waals surface area contributed by atoms with Crippen LogP contribution in [0.25, 0.3) is 10.2 Å². The molecular weight excluding hydrogens is 401 g/mol. The number of carbonyl (C=O) groups excluding carboxylic acids is 2. The highest BCUT2D eigenvalue weighted by Gasteiger charge is 2.13. The molecule has 0 saturated carbocycles. The fourth-order valence-corrected chi connectivity index (χ4v) is 3.46. The average molecular weight is 417 g/mol. The standard InChI is InChI=1S/C19H16FN3O3S2/c1-10(2)26-17(25)12-5-8-14-15(9-12)28-19(21-14)23-18(27)22-16(24)11-3-6-13(20)7-4-11/h3-10H,1-2H3,(H2,21,22,23,24,27). The topological polar surface area (TPSA) is 80.3 Å². The summed E-state index contributed by atoms with van der Waals surface area (Å²) in [6, 6.07) is 10.2. The summed E-state index contributed by atoms with van der Waals surface area (Å²) < 4.78 is 18.9. The fraction of sp³-hybridized carbons (Fsp3) is 0.158. The van der Waals surface area contributed by atoms with E-state index in [0.717, 1.165) is 4.70 Å². The lowest BCUT2D eigenvalue weighted by Crippen LogP contribution is -2.34. The molecule has 2 N–H and O–H groups in total. The van der Waals surface area contributed by atoms with E-state index in [4.69, 9.17) is 17.0 Å². The Morgan fingerprint density at radius 1 is 1.14 bits per heavy atom. The highest BCUT2D eigenvalue weighted by atomic mass is 32.1. The second kappa shape index (κ2) is 8.41. The van der Waals surface area contributed by atoms with Gasteiger partial charge < -0.3 is 10.1 Å². The van der Waals surface area contributed by atoms with Gasteiger partial charge >= 0.3 is 5.97 Å². The number of anilines is 1. The van der Waals surface area contributed by atoms with Gasteiger partial charge in [0.2, 0.25) is 0 Å². The number of hydrogen-bond donors (Lipinski definition) is 2. The Morgan fingerprint density at radius 2 is 1.82 bits per heavy atom. The number of benzene rings is 2. The lowest BCUT2D eigenvalue weighted by molar-refractivity contribution is 0.0378. The number of ether oxygens (including phenoxy) is 1. The van der Waals surface area contributed by atoms with E-state index >= 15 is 0 Å². The zero-order valence-electron chi connectivity index (χ0n) is 15.0. The third-order valence-corrected chi connectivity index (χ3v) is 4.66. The van der Waals surface area contributed by atoms with E-state index in [1.165, 1.54) is 35.6 Å². The first-order valence-electron chi connectivity index (χ1n) is 8.31. The molecule has 0 atom stereocenters. The van der Waals surface area contributed by atoms with Crippen molar-refractivity contribution in [2.24, 2.45) is 0 Å². The highest BCUT2D eigenvalue weighted by Crippen LogP contribution is 2.27. The smallest absolute Gasteiger partial charge is 0.338 e. The Bertz CT molecular complexity index is 1050. The quantitative estimate of drug-likeness (QED) is 0.491. The summed E-state index contributed by atoms with van der Waals surface area (Å²) in [4.78, 5) is 28.5. The molecule has 1 amide bonds. The van der Waals surface area contributed by atoms with Crippen LogP contribution < -0.4 is 10.6 Å². The van der Waals surface area contributed by atoms with Crippen LogP contribution in [0.5, 0.6) is 0 Å². The minimum absolute atomic E-state index is 0.0628. The molecule has 1 aromatic heterocycles. The molecule has 1 heterocycles. The molecule has 3 rings (SSSR count). The van der Waals surface area contributed by atoms with Gasteiger partial charge in [0, 0.05) is 5.56 Å². The summed E-state index contributed by atoms with van der Waals surface area (Å²) in [7, 11) is 0. The molecule has 0 fully saturated rings. The number of esters is 1. The van der Waals surface area contributed by atoms with Crippen LogP contribution in [0, 0.1) is 5.82 Å². The van der Waals surface area contributed by atoms with Crippen LogP contribution in [-0.2, 0) is 4.74 Å².